The quantitative estimate of drug-likeness (QED) is 0.478. The standard InChI is InChI=1S/C20H21FN6O2/c1-14(29-17-7-3-2-6-16(17)21)20(28)24-12-11-23-18-8-9-19(27-26-18)25-15-5-4-10-22-13-15/h2-10,13-14H,11-12H2,1H3,(H,23,26)(H,24,28)(H,25,27)/t14-/m0/s1. The van der Waals surface area contributed by atoms with Crippen LogP contribution in [0.1, 0.15) is 6.92 Å². The number of ether oxygens (including phenoxy) is 1. The molecule has 0 saturated carbocycles. The fourth-order valence-corrected chi connectivity index (χ4v) is 2.38. The number of hydrogen-bond acceptors (Lipinski definition) is 7. The third-order valence-electron chi connectivity index (χ3n) is 3.84. The first kappa shape index (κ1) is 20.0. The number of para-hydroxylation sites is 1. The molecule has 3 N–H and O–H groups in total. The van der Waals surface area contributed by atoms with Gasteiger partial charge in [0.15, 0.2) is 23.5 Å². The highest BCUT2D eigenvalue weighted by molar-refractivity contribution is 5.80. The van der Waals surface area contributed by atoms with E-state index >= 15 is 0 Å². The Bertz CT molecular complexity index is 924. The summed E-state index contributed by atoms with van der Waals surface area (Å²) in [6.07, 6.45) is 2.56. The number of aromatic nitrogens is 3. The fourth-order valence-electron chi connectivity index (χ4n) is 2.38. The van der Waals surface area contributed by atoms with Crippen LogP contribution in [0.5, 0.6) is 5.75 Å². The molecule has 0 spiro atoms. The Hall–Kier alpha value is -3.75. The number of benzene rings is 1. The van der Waals surface area contributed by atoms with E-state index in [1.165, 1.54) is 12.1 Å². The van der Waals surface area contributed by atoms with Gasteiger partial charge in [0, 0.05) is 19.3 Å². The fraction of sp³-hybridized carbons (Fsp3) is 0.200. The minimum Gasteiger partial charge on any atom is -0.478 e. The van der Waals surface area contributed by atoms with Crippen LogP contribution in [0, 0.1) is 5.82 Å². The minimum absolute atomic E-state index is 0.0449. The number of rotatable bonds is 9. The molecule has 0 aliphatic rings. The van der Waals surface area contributed by atoms with Crippen molar-refractivity contribution in [2.75, 3.05) is 23.7 Å². The maximum Gasteiger partial charge on any atom is 0.260 e. The summed E-state index contributed by atoms with van der Waals surface area (Å²) in [5, 5.41) is 17.0. The molecule has 1 amide bonds. The van der Waals surface area contributed by atoms with Gasteiger partial charge in [0.05, 0.1) is 11.9 Å². The number of carbonyl (C=O) groups is 1. The molecule has 0 radical (unpaired) electrons. The SMILES string of the molecule is C[C@H](Oc1ccccc1F)C(=O)NCCNc1ccc(Nc2cccnc2)nn1. The van der Waals surface area contributed by atoms with Crippen LogP contribution in [-0.2, 0) is 4.79 Å². The van der Waals surface area contributed by atoms with Crippen LogP contribution in [-0.4, -0.2) is 40.3 Å². The number of halogens is 1. The highest BCUT2D eigenvalue weighted by Crippen LogP contribution is 2.17. The molecule has 29 heavy (non-hydrogen) atoms. The number of nitrogens with one attached hydrogen (secondary N) is 3. The van der Waals surface area contributed by atoms with Crippen molar-refractivity contribution in [1.82, 2.24) is 20.5 Å². The first-order chi connectivity index (χ1) is 14.1. The normalized spacial score (nSPS) is 11.4. The summed E-state index contributed by atoms with van der Waals surface area (Å²) in [6.45, 7) is 2.36. The van der Waals surface area contributed by atoms with Crippen LogP contribution < -0.4 is 20.7 Å². The monoisotopic (exact) mass is 396 g/mol. The van der Waals surface area contributed by atoms with Crippen LogP contribution in [0.25, 0.3) is 0 Å². The second kappa shape index (κ2) is 9.98. The number of hydrogen-bond donors (Lipinski definition) is 3. The maximum absolute atomic E-state index is 13.6. The third kappa shape index (κ3) is 6.13. The molecule has 1 aromatic carbocycles. The van der Waals surface area contributed by atoms with Crippen molar-refractivity contribution in [3.8, 4) is 5.75 Å². The van der Waals surface area contributed by atoms with Crippen molar-refractivity contribution in [3.05, 3.63) is 66.7 Å². The predicted octanol–water partition coefficient (Wildman–Crippen LogP) is 2.75. The predicted molar refractivity (Wildman–Crippen MR) is 108 cm³/mol. The van der Waals surface area contributed by atoms with Crippen molar-refractivity contribution in [2.45, 2.75) is 13.0 Å². The van der Waals surface area contributed by atoms with E-state index in [1.54, 1.807) is 43.6 Å². The van der Waals surface area contributed by atoms with Gasteiger partial charge >= 0.3 is 0 Å². The Morgan fingerprint density at radius 2 is 1.86 bits per heavy atom. The lowest BCUT2D eigenvalue weighted by Gasteiger charge is -2.15. The molecule has 0 aliphatic carbocycles. The zero-order chi connectivity index (χ0) is 20.5. The summed E-state index contributed by atoms with van der Waals surface area (Å²) in [4.78, 5) is 16.1. The first-order valence-corrected chi connectivity index (χ1v) is 9.05. The Balaban J connectivity index is 1.38. The summed E-state index contributed by atoms with van der Waals surface area (Å²) >= 11 is 0. The van der Waals surface area contributed by atoms with Crippen molar-refractivity contribution in [1.29, 1.82) is 0 Å². The number of nitrogens with zero attached hydrogens (tertiary/aromatic N) is 3. The molecular weight excluding hydrogens is 375 g/mol. The van der Waals surface area contributed by atoms with Gasteiger partial charge in [-0.25, -0.2) is 4.39 Å². The van der Waals surface area contributed by atoms with Crippen LogP contribution in [0.3, 0.4) is 0 Å². The third-order valence-corrected chi connectivity index (χ3v) is 3.84. The Morgan fingerprint density at radius 1 is 1.07 bits per heavy atom. The van der Waals surface area contributed by atoms with Crippen molar-refractivity contribution in [3.63, 3.8) is 0 Å². The van der Waals surface area contributed by atoms with Gasteiger partial charge < -0.3 is 20.7 Å². The highest BCUT2D eigenvalue weighted by Gasteiger charge is 2.15. The van der Waals surface area contributed by atoms with Gasteiger partial charge in [0.1, 0.15) is 5.82 Å². The van der Waals surface area contributed by atoms with Gasteiger partial charge in [0.25, 0.3) is 5.91 Å². The van der Waals surface area contributed by atoms with Gasteiger partial charge in [-0.05, 0) is 43.3 Å². The number of carbonyl (C=O) groups excluding carboxylic acids is 1. The van der Waals surface area contributed by atoms with E-state index in [2.05, 4.69) is 31.1 Å². The zero-order valence-corrected chi connectivity index (χ0v) is 15.8. The van der Waals surface area contributed by atoms with Crippen molar-refractivity contribution >= 4 is 23.2 Å². The molecule has 8 nitrogen and oxygen atoms in total. The van der Waals surface area contributed by atoms with Crippen LogP contribution in [0.4, 0.5) is 21.7 Å². The summed E-state index contributed by atoms with van der Waals surface area (Å²) < 4.78 is 18.9. The molecule has 150 valence electrons. The van der Waals surface area contributed by atoms with Crippen LogP contribution >= 0.6 is 0 Å². The van der Waals surface area contributed by atoms with E-state index in [1.807, 2.05) is 12.1 Å². The number of pyridine rings is 1. The lowest BCUT2D eigenvalue weighted by Crippen LogP contribution is -2.38. The number of amides is 1. The molecular formula is C20H21FN6O2. The van der Waals surface area contributed by atoms with Crippen LogP contribution in [0.15, 0.2) is 60.9 Å². The lowest BCUT2D eigenvalue weighted by molar-refractivity contribution is -0.127. The molecule has 1 atom stereocenters. The first-order valence-electron chi connectivity index (χ1n) is 9.05. The van der Waals surface area contributed by atoms with Gasteiger partial charge in [-0.15, -0.1) is 10.2 Å². The van der Waals surface area contributed by atoms with Crippen LogP contribution in [0.2, 0.25) is 0 Å². The summed E-state index contributed by atoms with van der Waals surface area (Å²) in [6, 6.07) is 13.2. The summed E-state index contributed by atoms with van der Waals surface area (Å²) in [5.74, 6) is 0.372. The molecule has 0 bridgehead atoms. The van der Waals surface area contributed by atoms with Crippen molar-refractivity contribution < 1.29 is 13.9 Å². The molecule has 0 unspecified atom stereocenters. The topological polar surface area (TPSA) is 101 Å². The maximum atomic E-state index is 13.6. The Kier molecular flexibility index (Phi) is 6.88. The molecule has 0 fully saturated rings. The highest BCUT2D eigenvalue weighted by atomic mass is 19.1. The molecule has 9 heteroatoms. The second-order valence-electron chi connectivity index (χ2n) is 6.08. The molecule has 3 rings (SSSR count). The Labute approximate surface area is 167 Å². The molecule has 2 aromatic heterocycles. The molecule has 2 heterocycles. The lowest BCUT2D eigenvalue weighted by atomic mass is 10.3. The Morgan fingerprint density at radius 3 is 2.59 bits per heavy atom. The van der Waals surface area contributed by atoms with Crippen molar-refractivity contribution in [2.24, 2.45) is 0 Å². The minimum atomic E-state index is -0.815. The van der Waals surface area contributed by atoms with E-state index < -0.39 is 11.9 Å². The molecule has 0 aliphatic heterocycles. The van der Waals surface area contributed by atoms with E-state index in [-0.39, 0.29) is 11.7 Å². The van der Waals surface area contributed by atoms with E-state index in [0.717, 1.165) is 5.69 Å². The molecule has 0 saturated heterocycles. The van der Waals surface area contributed by atoms with E-state index in [9.17, 15) is 9.18 Å². The number of anilines is 3. The molecule has 3 aromatic rings. The van der Waals surface area contributed by atoms with E-state index in [4.69, 9.17) is 4.74 Å². The van der Waals surface area contributed by atoms with Gasteiger partial charge in [-0.2, -0.15) is 0 Å². The van der Waals surface area contributed by atoms with Gasteiger partial charge in [-0.1, -0.05) is 12.1 Å². The smallest absolute Gasteiger partial charge is 0.260 e. The van der Waals surface area contributed by atoms with Gasteiger partial charge in [0.2, 0.25) is 0 Å². The summed E-state index contributed by atoms with van der Waals surface area (Å²) in [5.41, 5.74) is 0.817. The van der Waals surface area contributed by atoms with Gasteiger partial charge in [-0.3, -0.25) is 9.78 Å². The van der Waals surface area contributed by atoms with E-state index in [0.29, 0.717) is 24.7 Å². The average molecular weight is 396 g/mol. The largest absolute Gasteiger partial charge is 0.478 e. The average Bonchev–Trinajstić information content (AvgIpc) is 2.74. The summed E-state index contributed by atoms with van der Waals surface area (Å²) in [7, 11) is 0. The zero-order valence-electron chi connectivity index (χ0n) is 15.8. The second-order valence-corrected chi connectivity index (χ2v) is 6.08.